The molecular formula is C9H9NO. The SMILES string of the molecule is C=CC1=C(C=C)C(=O)CN=C1. The first kappa shape index (κ1) is 7.66. The molecule has 0 aromatic carbocycles. The minimum absolute atomic E-state index is 0.0115. The molecule has 0 aromatic heterocycles. The Bertz CT molecular complexity index is 271. The Morgan fingerprint density at radius 3 is 2.64 bits per heavy atom. The predicted molar refractivity (Wildman–Crippen MR) is 45.8 cm³/mol. The summed E-state index contributed by atoms with van der Waals surface area (Å²) in [7, 11) is 0. The number of carbonyl (C=O) groups excluding carboxylic acids is 1. The maximum Gasteiger partial charge on any atom is 0.184 e. The van der Waals surface area contributed by atoms with E-state index >= 15 is 0 Å². The quantitative estimate of drug-likeness (QED) is 0.579. The molecule has 1 heterocycles. The zero-order valence-electron chi connectivity index (χ0n) is 6.21. The van der Waals surface area contributed by atoms with Crippen molar-refractivity contribution in [1.29, 1.82) is 0 Å². The van der Waals surface area contributed by atoms with Gasteiger partial charge in [-0.1, -0.05) is 25.3 Å². The summed E-state index contributed by atoms with van der Waals surface area (Å²) in [5, 5.41) is 0. The molecule has 0 saturated heterocycles. The molecule has 1 aliphatic heterocycles. The number of rotatable bonds is 2. The molecule has 0 saturated carbocycles. The second kappa shape index (κ2) is 3.10. The molecule has 2 nitrogen and oxygen atoms in total. The number of ketones is 1. The first-order chi connectivity index (χ1) is 5.29. The van der Waals surface area contributed by atoms with Crippen LogP contribution in [0.5, 0.6) is 0 Å². The monoisotopic (exact) mass is 147 g/mol. The highest BCUT2D eigenvalue weighted by molar-refractivity contribution is 6.08. The van der Waals surface area contributed by atoms with Crippen molar-refractivity contribution in [3.05, 3.63) is 36.5 Å². The van der Waals surface area contributed by atoms with Gasteiger partial charge in [-0.05, 0) is 0 Å². The lowest BCUT2D eigenvalue weighted by Crippen LogP contribution is -2.12. The second-order valence-corrected chi connectivity index (χ2v) is 2.17. The fourth-order valence-corrected chi connectivity index (χ4v) is 0.937. The molecule has 2 heteroatoms. The van der Waals surface area contributed by atoms with Gasteiger partial charge in [0.25, 0.3) is 0 Å². The summed E-state index contributed by atoms with van der Waals surface area (Å²) >= 11 is 0. The lowest BCUT2D eigenvalue weighted by Gasteiger charge is -2.06. The van der Waals surface area contributed by atoms with Crippen molar-refractivity contribution < 1.29 is 4.79 Å². The van der Waals surface area contributed by atoms with Crippen LogP contribution in [0.25, 0.3) is 0 Å². The molecule has 1 rings (SSSR count). The van der Waals surface area contributed by atoms with Gasteiger partial charge in [-0.15, -0.1) is 0 Å². The lowest BCUT2D eigenvalue weighted by atomic mass is 10.0. The molecule has 0 aliphatic carbocycles. The molecule has 0 amide bonds. The molecule has 0 atom stereocenters. The summed E-state index contributed by atoms with van der Waals surface area (Å²) < 4.78 is 0. The highest BCUT2D eigenvalue weighted by Gasteiger charge is 2.11. The zero-order chi connectivity index (χ0) is 8.27. The van der Waals surface area contributed by atoms with Gasteiger partial charge in [0.15, 0.2) is 5.78 Å². The molecule has 0 radical (unpaired) electrons. The third kappa shape index (κ3) is 1.34. The van der Waals surface area contributed by atoms with Crippen LogP contribution in [0.15, 0.2) is 41.4 Å². The molecule has 56 valence electrons. The molecule has 0 fully saturated rings. The van der Waals surface area contributed by atoms with Crippen molar-refractivity contribution in [3.63, 3.8) is 0 Å². The highest BCUT2D eigenvalue weighted by Crippen LogP contribution is 2.10. The van der Waals surface area contributed by atoms with E-state index < -0.39 is 0 Å². The Balaban J connectivity index is 3.14. The van der Waals surface area contributed by atoms with Crippen molar-refractivity contribution in [2.24, 2.45) is 4.99 Å². The van der Waals surface area contributed by atoms with E-state index in [4.69, 9.17) is 0 Å². The first-order valence-electron chi connectivity index (χ1n) is 3.31. The number of hydrogen-bond donors (Lipinski definition) is 0. The maximum atomic E-state index is 11.1. The minimum Gasteiger partial charge on any atom is -0.292 e. The summed E-state index contributed by atoms with van der Waals surface area (Å²) in [5.41, 5.74) is 1.38. The molecule has 0 aromatic rings. The van der Waals surface area contributed by atoms with Crippen LogP contribution in [-0.4, -0.2) is 18.5 Å². The van der Waals surface area contributed by atoms with Crippen LogP contribution in [0.3, 0.4) is 0 Å². The van der Waals surface area contributed by atoms with E-state index in [0.717, 1.165) is 5.57 Å². The standard InChI is InChI=1S/C9H9NO/c1-3-7-5-10-6-9(11)8(7)4-2/h3-5H,1-2,6H2. The average Bonchev–Trinajstić information content (AvgIpc) is 2.04. The van der Waals surface area contributed by atoms with Crippen LogP contribution in [0, 0.1) is 0 Å². The van der Waals surface area contributed by atoms with Crippen LogP contribution in [0.1, 0.15) is 0 Å². The number of aliphatic imine (C=N–C) groups is 1. The summed E-state index contributed by atoms with van der Waals surface area (Å²) in [5.74, 6) is 0.0115. The number of Topliss-reactive ketones (excluding diaryl/α,β-unsaturated/α-hetero) is 1. The molecule has 0 spiro atoms. The van der Waals surface area contributed by atoms with Crippen LogP contribution in [0.4, 0.5) is 0 Å². The second-order valence-electron chi connectivity index (χ2n) is 2.17. The smallest absolute Gasteiger partial charge is 0.184 e. The van der Waals surface area contributed by atoms with Gasteiger partial charge in [-0.25, -0.2) is 0 Å². The van der Waals surface area contributed by atoms with Gasteiger partial charge in [-0.2, -0.15) is 0 Å². The van der Waals surface area contributed by atoms with Crippen molar-refractivity contribution >= 4 is 12.0 Å². The van der Waals surface area contributed by atoms with Crippen LogP contribution in [0.2, 0.25) is 0 Å². The van der Waals surface area contributed by atoms with Gasteiger partial charge >= 0.3 is 0 Å². The predicted octanol–water partition coefficient (Wildman–Crippen LogP) is 1.31. The molecular weight excluding hydrogens is 138 g/mol. The molecule has 0 N–H and O–H groups in total. The molecule has 11 heavy (non-hydrogen) atoms. The summed E-state index contributed by atoms with van der Waals surface area (Å²) in [6.07, 6.45) is 4.80. The Hall–Kier alpha value is -1.44. The first-order valence-corrected chi connectivity index (χ1v) is 3.31. The van der Waals surface area contributed by atoms with E-state index in [-0.39, 0.29) is 12.3 Å². The van der Waals surface area contributed by atoms with Crippen molar-refractivity contribution in [2.75, 3.05) is 6.54 Å². The molecule has 0 bridgehead atoms. The number of dihydropyridines is 1. The average molecular weight is 147 g/mol. The number of nitrogens with zero attached hydrogens (tertiary/aromatic N) is 1. The molecule has 1 aliphatic rings. The maximum absolute atomic E-state index is 11.1. The van der Waals surface area contributed by atoms with E-state index in [1.807, 2.05) is 0 Å². The van der Waals surface area contributed by atoms with Crippen LogP contribution >= 0.6 is 0 Å². The Morgan fingerprint density at radius 1 is 1.45 bits per heavy atom. The molecule has 0 unspecified atom stereocenters. The Labute approximate surface area is 65.6 Å². The third-order valence-electron chi connectivity index (χ3n) is 1.50. The number of hydrogen-bond acceptors (Lipinski definition) is 2. The third-order valence-corrected chi connectivity index (χ3v) is 1.50. The summed E-state index contributed by atoms with van der Waals surface area (Å²) in [6, 6.07) is 0. The summed E-state index contributed by atoms with van der Waals surface area (Å²) in [4.78, 5) is 15.0. The van der Waals surface area contributed by atoms with E-state index in [1.165, 1.54) is 0 Å². The van der Waals surface area contributed by atoms with E-state index in [0.29, 0.717) is 5.57 Å². The summed E-state index contributed by atoms with van der Waals surface area (Å²) in [6.45, 7) is 7.35. The normalized spacial score (nSPS) is 16.9. The zero-order valence-corrected chi connectivity index (χ0v) is 6.21. The van der Waals surface area contributed by atoms with E-state index in [2.05, 4.69) is 18.2 Å². The Kier molecular flexibility index (Phi) is 2.16. The number of carbonyl (C=O) groups is 1. The topological polar surface area (TPSA) is 29.4 Å². The van der Waals surface area contributed by atoms with Crippen molar-refractivity contribution in [2.45, 2.75) is 0 Å². The van der Waals surface area contributed by atoms with Gasteiger partial charge in [0.2, 0.25) is 0 Å². The largest absolute Gasteiger partial charge is 0.292 e. The van der Waals surface area contributed by atoms with Gasteiger partial charge in [0, 0.05) is 17.4 Å². The van der Waals surface area contributed by atoms with Gasteiger partial charge in [-0.3, -0.25) is 9.79 Å². The Morgan fingerprint density at radius 2 is 2.18 bits per heavy atom. The number of allylic oxidation sites excluding steroid dienone is 3. The van der Waals surface area contributed by atoms with E-state index in [9.17, 15) is 4.79 Å². The lowest BCUT2D eigenvalue weighted by molar-refractivity contribution is -0.114. The highest BCUT2D eigenvalue weighted by atomic mass is 16.1. The van der Waals surface area contributed by atoms with Crippen LogP contribution < -0.4 is 0 Å². The van der Waals surface area contributed by atoms with Crippen molar-refractivity contribution in [3.8, 4) is 0 Å². The van der Waals surface area contributed by atoms with E-state index in [1.54, 1.807) is 18.4 Å². The van der Waals surface area contributed by atoms with Gasteiger partial charge in [0.1, 0.15) is 6.54 Å². The fraction of sp³-hybridized carbons (Fsp3) is 0.111. The van der Waals surface area contributed by atoms with Gasteiger partial charge in [0.05, 0.1) is 0 Å². The van der Waals surface area contributed by atoms with Crippen molar-refractivity contribution in [1.82, 2.24) is 0 Å². The fourth-order valence-electron chi connectivity index (χ4n) is 0.937. The minimum atomic E-state index is 0.0115. The van der Waals surface area contributed by atoms with Crippen LogP contribution in [-0.2, 0) is 4.79 Å². The van der Waals surface area contributed by atoms with Gasteiger partial charge < -0.3 is 0 Å².